The number of halogens is 1. The van der Waals surface area contributed by atoms with E-state index in [0.29, 0.717) is 5.91 Å². The number of aromatic nitrogens is 1. The van der Waals surface area contributed by atoms with E-state index >= 15 is 0 Å². The Kier molecular flexibility index (Phi) is 6.35. The Labute approximate surface area is 198 Å². The molecule has 2 heterocycles. The minimum Gasteiger partial charge on any atom is -0.340 e. The quantitative estimate of drug-likeness (QED) is 0.511. The number of fused-ring (bicyclic) bond motifs is 1. The van der Waals surface area contributed by atoms with E-state index in [4.69, 9.17) is 16.6 Å². The predicted octanol–water partition coefficient (Wildman–Crippen LogP) is 5.84. The number of rotatable bonds is 5. The first-order valence-electron chi connectivity index (χ1n) is 11.5. The molecule has 32 heavy (non-hydrogen) atoms. The number of anilines is 2. The van der Waals surface area contributed by atoms with E-state index in [1.807, 2.05) is 24.3 Å². The number of carbonyl (C=O) groups is 1. The maximum atomic E-state index is 12.7. The van der Waals surface area contributed by atoms with Crippen molar-refractivity contribution in [3.05, 3.63) is 52.5 Å². The molecular weight excluding hydrogens is 440 g/mol. The third-order valence-corrected chi connectivity index (χ3v) is 7.97. The van der Waals surface area contributed by atoms with Crippen molar-refractivity contribution in [2.24, 2.45) is 5.92 Å². The van der Waals surface area contributed by atoms with Crippen LogP contribution in [0.25, 0.3) is 10.2 Å². The Bertz CT molecular complexity index is 1080. The van der Waals surface area contributed by atoms with Crippen LogP contribution in [0.15, 0.2) is 36.4 Å². The minimum atomic E-state index is 0.271. The van der Waals surface area contributed by atoms with Crippen molar-refractivity contribution in [2.75, 3.05) is 31.5 Å². The first kappa shape index (κ1) is 21.7. The summed E-state index contributed by atoms with van der Waals surface area (Å²) in [5, 5.41) is 5.09. The number of carbonyl (C=O) groups excluding carboxylic acids is 1. The molecule has 3 aromatic rings. The van der Waals surface area contributed by atoms with Crippen molar-refractivity contribution < 1.29 is 4.79 Å². The first-order valence-corrected chi connectivity index (χ1v) is 12.7. The molecule has 2 aromatic carbocycles. The largest absolute Gasteiger partial charge is 0.340 e. The van der Waals surface area contributed by atoms with Gasteiger partial charge in [-0.1, -0.05) is 47.9 Å². The van der Waals surface area contributed by atoms with E-state index in [1.54, 1.807) is 11.3 Å². The Hall–Kier alpha value is -2.15. The summed E-state index contributed by atoms with van der Waals surface area (Å²) < 4.78 is 1.17. The molecule has 168 valence electrons. The van der Waals surface area contributed by atoms with Crippen LogP contribution in [-0.4, -0.2) is 46.9 Å². The number of nitrogens with zero attached hydrogens (tertiary/aromatic N) is 3. The van der Waals surface area contributed by atoms with Crippen LogP contribution in [0.4, 0.5) is 10.8 Å². The Balaban J connectivity index is 1.25. The van der Waals surface area contributed by atoms with Crippen LogP contribution in [0.5, 0.6) is 0 Å². The van der Waals surface area contributed by atoms with Gasteiger partial charge in [-0.15, -0.1) is 0 Å². The van der Waals surface area contributed by atoms with Crippen molar-refractivity contribution in [3.63, 3.8) is 0 Å². The van der Waals surface area contributed by atoms with Crippen molar-refractivity contribution in [3.8, 4) is 0 Å². The van der Waals surface area contributed by atoms with Gasteiger partial charge in [-0.2, -0.15) is 0 Å². The number of para-hydroxylation sites is 1. The number of hydrogen-bond donors (Lipinski definition) is 1. The molecule has 1 saturated carbocycles. The summed E-state index contributed by atoms with van der Waals surface area (Å²) in [5.74, 6) is 0.649. The standard InChI is InChI=1S/C25H29ClN4OS/c1-17-19(16-29-10-12-30(13-11-29)24(31)18-6-2-3-7-18)14-20(26)15-22(17)28-25-27-21-8-4-5-9-23(21)32-25/h4-5,8-9,14-15,18H,2-3,6-7,10-13,16H2,1H3,(H,27,28). The SMILES string of the molecule is Cc1c(CN2CCN(C(=O)C3CCCC3)CC2)cc(Cl)cc1Nc1nc2ccccc2s1. The van der Waals surface area contributed by atoms with E-state index in [2.05, 4.69) is 34.2 Å². The fourth-order valence-corrected chi connectivity index (χ4v) is 5.99. The topological polar surface area (TPSA) is 48.5 Å². The highest BCUT2D eigenvalue weighted by Gasteiger charge is 2.29. The summed E-state index contributed by atoms with van der Waals surface area (Å²) in [7, 11) is 0. The maximum Gasteiger partial charge on any atom is 0.225 e. The van der Waals surface area contributed by atoms with E-state index in [-0.39, 0.29) is 5.92 Å². The second-order valence-electron chi connectivity index (χ2n) is 8.93. The molecule has 0 atom stereocenters. The molecule has 0 spiro atoms. The fourth-order valence-electron chi connectivity index (χ4n) is 4.87. The van der Waals surface area contributed by atoms with Gasteiger partial charge in [0.2, 0.25) is 5.91 Å². The van der Waals surface area contributed by atoms with Gasteiger partial charge in [-0.05, 0) is 55.2 Å². The summed E-state index contributed by atoms with van der Waals surface area (Å²) >= 11 is 8.14. The van der Waals surface area contributed by atoms with Crippen LogP contribution in [0.2, 0.25) is 5.02 Å². The summed E-state index contributed by atoms with van der Waals surface area (Å²) in [5.41, 5.74) is 4.42. The van der Waals surface area contributed by atoms with Crippen LogP contribution >= 0.6 is 22.9 Å². The lowest BCUT2D eigenvalue weighted by Crippen LogP contribution is -2.49. The minimum absolute atomic E-state index is 0.271. The molecule has 7 heteroatoms. The Morgan fingerprint density at radius 2 is 1.91 bits per heavy atom. The third kappa shape index (κ3) is 4.63. The molecule has 2 aliphatic rings. The molecule has 1 saturated heterocycles. The zero-order valence-electron chi connectivity index (χ0n) is 18.4. The Morgan fingerprint density at radius 1 is 1.16 bits per heavy atom. The van der Waals surface area contributed by atoms with Gasteiger partial charge >= 0.3 is 0 Å². The smallest absolute Gasteiger partial charge is 0.225 e. The van der Waals surface area contributed by atoms with Gasteiger partial charge in [0.1, 0.15) is 0 Å². The van der Waals surface area contributed by atoms with Crippen molar-refractivity contribution in [2.45, 2.75) is 39.2 Å². The second-order valence-corrected chi connectivity index (χ2v) is 10.4. The zero-order valence-corrected chi connectivity index (χ0v) is 20.0. The molecule has 0 radical (unpaired) electrons. The summed E-state index contributed by atoms with van der Waals surface area (Å²) in [6.45, 7) is 6.45. The monoisotopic (exact) mass is 468 g/mol. The summed E-state index contributed by atoms with van der Waals surface area (Å²) in [4.78, 5) is 21.9. The van der Waals surface area contributed by atoms with E-state index in [1.165, 1.54) is 28.7 Å². The molecule has 0 unspecified atom stereocenters. The number of benzene rings is 2. The van der Waals surface area contributed by atoms with E-state index in [0.717, 1.165) is 66.9 Å². The number of hydrogen-bond acceptors (Lipinski definition) is 5. The highest BCUT2D eigenvalue weighted by atomic mass is 35.5. The predicted molar refractivity (Wildman–Crippen MR) is 133 cm³/mol. The molecule has 1 aliphatic heterocycles. The van der Waals surface area contributed by atoms with Gasteiger partial charge in [-0.3, -0.25) is 9.69 Å². The molecule has 5 rings (SSSR count). The normalized spacial score (nSPS) is 17.9. The van der Waals surface area contributed by atoms with Crippen LogP contribution in [0.3, 0.4) is 0 Å². The second kappa shape index (κ2) is 9.38. The highest BCUT2D eigenvalue weighted by molar-refractivity contribution is 7.22. The molecular formula is C25H29ClN4OS. The molecule has 0 bridgehead atoms. The van der Waals surface area contributed by atoms with Gasteiger partial charge in [0.05, 0.1) is 10.2 Å². The van der Waals surface area contributed by atoms with Crippen molar-refractivity contribution in [1.82, 2.24) is 14.8 Å². The Morgan fingerprint density at radius 3 is 2.66 bits per heavy atom. The highest BCUT2D eigenvalue weighted by Crippen LogP contribution is 2.33. The summed E-state index contributed by atoms with van der Waals surface area (Å²) in [6, 6.07) is 12.2. The first-order chi connectivity index (χ1) is 15.6. The molecule has 1 amide bonds. The number of thiazole rings is 1. The van der Waals surface area contributed by atoms with Crippen molar-refractivity contribution >= 4 is 49.9 Å². The lowest BCUT2D eigenvalue weighted by atomic mass is 10.0. The summed E-state index contributed by atoms with van der Waals surface area (Å²) in [6.07, 6.45) is 4.56. The zero-order chi connectivity index (χ0) is 22.1. The average molecular weight is 469 g/mol. The van der Waals surface area contributed by atoms with Gasteiger partial charge in [-0.25, -0.2) is 4.98 Å². The average Bonchev–Trinajstić information content (AvgIpc) is 3.46. The van der Waals surface area contributed by atoms with Gasteiger partial charge in [0.25, 0.3) is 0 Å². The van der Waals surface area contributed by atoms with Gasteiger partial charge in [0, 0.05) is 49.4 Å². The van der Waals surface area contributed by atoms with Crippen LogP contribution in [-0.2, 0) is 11.3 Å². The molecule has 1 aliphatic carbocycles. The van der Waals surface area contributed by atoms with E-state index < -0.39 is 0 Å². The lowest BCUT2D eigenvalue weighted by Gasteiger charge is -2.36. The third-order valence-electron chi connectivity index (χ3n) is 6.80. The lowest BCUT2D eigenvalue weighted by molar-refractivity contribution is -0.137. The van der Waals surface area contributed by atoms with Gasteiger partial charge in [0.15, 0.2) is 5.13 Å². The number of nitrogens with one attached hydrogen (secondary N) is 1. The maximum absolute atomic E-state index is 12.7. The van der Waals surface area contributed by atoms with Crippen LogP contribution in [0.1, 0.15) is 36.8 Å². The number of amides is 1. The van der Waals surface area contributed by atoms with Crippen LogP contribution < -0.4 is 5.32 Å². The van der Waals surface area contributed by atoms with E-state index in [9.17, 15) is 4.79 Å². The fraction of sp³-hybridized carbons (Fsp3) is 0.440. The van der Waals surface area contributed by atoms with Crippen molar-refractivity contribution in [1.29, 1.82) is 0 Å². The number of piperazine rings is 1. The molecule has 1 N–H and O–H groups in total. The molecule has 1 aromatic heterocycles. The van der Waals surface area contributed by atoms with Gasteiger partial charge < -0.3 is 10.2 Å². The van der Waals surface area contributed by atoms with Crippen LogP contribution in [0, 0.1) is 12.8 Å². The molecule has 5 nitrogen and oxygen atoms in total. The molecule has 2 fully saturated rings.